The highest BCUT2D eigenvalue weighted by Crippen LogP contribution is 2.22. The third-order valence-electron chi connectivity index (χ3n) is 2.09. The fourth-order valence-corrected chi connectivity index (χ4v) is 1.24. The van der Waals surface area contributed by atoms with Gasteiger partial charge >= 0.3 is 0 Å². The lowest BCUT2D eigenvalue weighted by Gasteiger charge is -2.05. The minimum Gasteiger partial charge on any atom is -0.493 e. The summed E-state index contributed by atoms with van der Waals surface area (Å²) in [5.74, 6) is 0.600. The zero-order valence-corrected chi connectivity index (χ0v) is 9.23. The number of nitrogens with zero attached hydrogens (tertiary/aromatic N) is 1. The third kappa shape index (κ3) is 3.34. The summed E-state index contributed by atoms with van der Waals surface area (Å²) in [7, 11) is 0. The van der Waals surface area contributed by atoms with Gasteiger partial charge in [0.05, 0.1) is 11.5 Å². The van der Waals surface area contributed by atoms with Gasteiger partial charge in [-0.2, -0.15) is 0 Å². The van der Waals surface area contributed by atoms with Crippen molar-refractivity contribution >= 4 is 11.5 Å². The predicted octanol–water partition coefficient (Wildman–Crippen LogP) is 2.26. The molecule has 0 aromatic heterocycles. The highest BCUT2D eigenvalue weighted by Gasteiger charge is 2.10. The number of ether oxygens (including phenoxy) is 1. The summed E-state index contributed by atoms with van der Waals surface area (Å²) >= 11 is 0. The van der Waals surface area contributed by atoms with Crippen LogP contribution in [0.4, 0.5) is 5.69 Å². The molecule has 0 aliphatic carbocycles. The minimum atomic E-state index is -0.436. The Labute approximate surface area is 93.2 Å². The van der Waals surface area contributed by atoms with Crippen LogP contribution in [0.5, 0.6) is 5.75 Å². The zero-order valence-electron chi connectivity index (χ0n) is 9.23. The molecule has 0 unspecified atom stereocenters. The van der Waals surface area contributed by atoms with Gasteiger partial charge in [0.15, 0.2) is 0 Å². The van der Waals surface area contributed by atoms with E-state index in [1.165, 1.54) is 19.1 Å². The minimum absolute atomic E-state index is 0.0543. The number of hydrogen-bond donors (Lipinski definition) is 0. The van der Waals surface area contributed by atoms with Crippen molar-refractivity contribution in [3.05, 3.63) is 33.9 Å². The van der Waals surface area contributed by atoms with E-state index in [0.717, 1.165) is 0 Å². The number of hydrogen-bond acceptors (Lipinski definition) is 4. The second-order valence-electron chi connectivity index (χ2n) is 3.51. The molecule has 0 heterocycles. The third-order valence-corrected chi connectivity index (χ3v) is 2.09. The van der Waals surface area contributed by atoms with Gasteiger partial charge < -0.3 is 4.74 Å². The molecule has 0 saturated heterocycles. The average Bonchev–Trinajstić information content (AvgIpc) is 2.16. The van der Waals surface area contributed by atoms with Crippen molar-refractivity contribution in [2.24, 2.45) is 0 Å². The summed E-state index contributed by atoms with van der Waals surface area (Å²) in [5.41, 5.74) is 0.615. The predicted molar refractivity (Wildman–Crippen MR) is 58.6 cm³/mol. The first-order valence-corrected chi connectivity index (χ1v) is 4.88. The van der Waals surface area contributed by atoms with Gasteiger partial charge in [0.25, 0.3) is 5.69 Å². The lowest BCUT2D eigenvalue weighted by Crippen LogP contribution is -2.03. The highest BCUT2D eigenvalue weighted by atomic mass is 16.6. The molecule has 0 atom stereocenters. The Hall–Kier alpha value is -1.91. The van der Waals surface area contributed by atoms with E-state index in [9.17, 15) is 14.9 Å². The van der Waals surface area contributed by atoms with Crippen molar-refractivity contribution in [1.82, 2.24) is 0 Å². The molecule has 0 amide bonds. The Morgan fingerprint density at radius 3 is 2.69 bits per heavy atom. The number of aryl methyl sites for hydroxylation is 1. The quantitative estimate of drug-likeness (QED) is 0.567. The SMILES string of the molecule is CC(=O)CCOc1ccc([N+](=O)[O-])c(C)c1. The van der Waals surface area contributed by atoms with E-state index in [1.54, 1.807) is 13.0 Å². The molecule has 0 fully saturated rings. The topological polar surface area (TPSA) is 69.4 Å². The summed E-state index contributed by atoms with van der Waals surface area (Å²) in [6.45, 7) is 3.44. The van der Waals surface area contributed by atoms with Crippen LogP contribution >= 0.6 is 0 Å². The Bertz CT molecular complexity index is 414. The second-order valence-corrected chi connectivity index (χ2v) is 3.51. The molecule has 0 aliphatic heterocycles. The number of carbonyl (C=O) groups is 1. The van der Waals surface area contributed by atoms with E-state index in [4.69, 9.17) is 4.74 Å². The van der Waals surface area contributed by atoms with Crippen molar-refractivity contribution < 1.29 is 14.5 Å². The molecule has 0 N–H and O–H groups in total. The molecule has 1 rings (SSSR count). The largest absolute Gasteiger partial charge is 0.493 e. The number of benzene rings is 1. The summed E-state index contributed by atoms with van der Waals surface area (Å²) in [6, 6.07) is 4.53. The van der Waals surface area contributed by atoms with Crippen LogP contribution in [0, 0.1) is 17.0 Å². The van der Waals surface area contributed by atoms with Crippen LogP contribution < -0.4 is 4.74 Å². The number of nitro groups is 1. The fraction of sp³-hybridized carbons (Fsp3) is 0.364. The number of ketones is 1. The van der Waals surface area contributed by atoms with E-state index in [-0.39, 0.29) is 11.5 Å². The van der Waals surface area contributed by atoms with Crippen LogP contribution in [-0.2, 0) is 4.79 Å². The van der Waals surface area contributed by atoms with Crippen molar-refractivity contribution in [2.75, 3.05) is 6.61 Å². The van der Waals surface area contributed by atoms with E-state index in [0.29, 0.717) is 24.3 Å². The summed E-state index contributed by atoms with van der Waals surface area (Å²) in [6.07, 6.45) is 0.343. The molecule has 0 aliphatic rings. The van der Waals surface area contributed by atoms with Crippen LogP contribution in [0.1, 0.15) is 18.9 Å². The van der Waals surface area contributed by atoms with Gasteiger partial charge in [0.2, 0.25) is 0 Å². The van der Waals surface area contributed by atoms with Crippen LogP contribution in [0.2, 0.25) is 0 Å². The van der Waals surface area contributed by atoms with Crippen molar-refractivity contribution in [3.63, 3.8) is 0 Å². The lowest BCUT2D eigenvalue weighted by atomic mass is 10.2. The van der Waals surface area contributed by atoms with E-state index in [1.807, 2.05) is 0 Å². The molecule has 86 valence electrons. The first-order valence-electron chi connectivity index (χ1n) is 4.88. The maximum atomic E-state index is 10.7. The maximum Gasteiger partial charge on any atom is 0.272 e. The number of nitro benzene ring substituents is 1. The van der Waals surface area contributed by atoms with E-state index in [2.05, 4.69) is 0 Å². The van der Waals surface area contributed by atoms with Crippen molar-refractivity contribution in [2.45, 2.75) is 20.3 Å². The van der Waals surface area contributed by atoms with Crippen molar-refractivity contribution in [3.8, 4) is 5.75 Å². The molecule has 5 heteroatoms. The van der Waals surface area contributed by atoms with Crippen LogP contribution in [0.3, 0.4) is 0 Å². The second kappa shape index (κ2) is 5.25. The first-order chi connectivity index (χ1) is 7.50. The van der Waals surface area contributed by atoms with Gasteiger partial charge in [-0.1, -0.05) is 0 Å². The summed E-state index contributed by atoms with van der Waals surface area (Å²) in [5, 5.41) is 10.6. The molecule has 5 nitrogen and oxygen atoms in total. The maximum absolute atomic E-state index is 10.7. The molecule has 16 heavy (non-hydrogen) atoms. The molecule has 0 radical (unpaired) electrons. The van der Waals surface area contributed by atoms with Crippen LogP contribution in [0.15, 0.2) is 18.2 Å². The Morgan fingerprint density at radius 2 is 2.19 bits per heavy atom. The normalized spacial score (nSPS) is 9.88. The smallest absolute Gasteiger partial charge is 0.272 e. The van der Waals surface area contributed by atoms with E-state index < -0.39 is 4.92 Å². The first kappa shape index (κ1) is 12.2. The molecular weight excluding hydrogens is 210 g/mol. The van der Waals surface area contributed by atoms with Gasteiger partial charge in [-0.25, -0.2) is 0 Å². The van der Waals surface area contributed by atoms with Gasteiger partial charge in [-0.05, 0) is 26.0 Å². The average molecular weight is 223 g/mol. The fourth-order valence-electron chi connectivity index (χ4n) is 1.24. The lowest BCUT2D eigenvalue weighted by molar-refractivity contribution is -0.385. The monoisotopic (exact) mass is 223 g/mol. The number of rotatable bonds is 5. The Morgan fingerprint density at radius 1 is 1.50 bits per heavy atom. The van der Waals surface area contributed by atoms with Gasteiger partial charge in [-0.15, -0.1) is 0 Å². The summed E-state index contributed by atoms with van der Waals surface area (Å²) in [4.78, 5) is 20.8. The molecular formula is C11H13NO4. The molecule has 0 spiro atoms. The highest BCUT2D eigenvalue weighted by molar-refractivity contribution is 5.75. The number of Topliss-reactive ketones (excluding diaryl/α,β-unsaturated/α-hetero) is 1. The zero-order chi connectivity index (χ0) is 12.1. The van der Waals surface area contributed by atoms with Gasteiger partial charge in [-0.3, -0.25) is 14.9 Å². The van der Waals surface area contributed by atoms with Gasteiger partial charge in [0, 0.05) is 18.1 Å². The molecule has 1 aromatic carbocycles. The summed E-state index contributed by atoms with van der Waals surface area (Å²) < 4.78 is 5.29. The number of carbonyl (C=O) groups excluding carboxylic acids is 1. The molecule has 0 bridgehead atoms. The Kier molecular flexibility index (Phi) is 3.99. The Balaban J connectivity index is 2.66. The standard InChI is InChI=1S/C11H13NO4/c1-8-7-10(16-6-5-9(2)13)3-4-11(8)12(14)15/h3-4,7H,5-6H2,1-2H3. The van der Waals surface area contributed by atoms with Gasteiger partial charge in [0.1, 0.15) is 11.5 Å². The molecule has 0 saturated carbocycles. The van der Waals surface area contributed by atoms with Crippen LogP contribution in [-0.4, -0.2) is 17.3 Å². The van der Waals surface area contributed by atoms with Crippen molar-refractivity contribution in [1.29, 1.82) is 0 Å². The molecule has 1 aromatic rings. The van der Waals surface area contributed by atoms with Crippen LogP contribution in [0.25, 0.3) is 0 Å². The van der Waals surface area contributed by atoms with E-state index >= 15 is 0 Å².